The summed E-state index contributed by atoms with van der Waals surface area (Å²) in [6.07, 6.45) is 2.93. The molecule has 0 aromatic heterocycles. The lowest BCUT2D eigenvalue weighted by Crippen LogP contribution is -2.34. The quantitative estimate of drug-likeness (QED) is 0.483. The van der Waals surface area contributed by atoms with Crippen molar-refractivity contribution in [2.75, 3.05) is 20.8 Å². The highest BCUT2D eigenvalue weighted by atomic mass is 16.5. The van der Waals surface area contributed by atoms with E-state index in [9.17, 15) is 9.90 Å². The number of aliphatic hydroxyl groups is 1. The molecule has 1 unspecified atom stereocenters. The van der Waals surface area contributed by atoms with E-state index in [0.29, 0.717) is 17.9 Å². The molecule has 0 aliphatic rings. The van der Waals surface area contributed by atoms with Crippen molar-refractivity contribution in [2.45, 2.75) is 25.8 Å². The molecule has 1 amide bonds. The highest BCUT2D eigenvalue weighted by Crippen LogP contribution is 2.22. The summed E-state index contributed by atoms with van der Waals surface area (Å²) in [4.78, 5) is 12.4. The third-order valence-electron chi connectivity index (χ3n) is 3.54. The first-order valence-electron chi connectivity index (χ1n) is 7.68. The summed E-state index contributed by atoms with van der Waals surface area (Å²) >= 11 is 0. The van der Waals surface area contributed by atoms with Gasteiger partial charge in [0.25, 0.3) is 5.91 Å². The molecular weight excluding hydrogens is 292 g/mol. The van der Waals surface area contributed by atoms with Crippen LogP contribution in [0, 0.1) is 0 Å². The third kappa shape index (κ3) is 5.79. The Morgan fingerprint density at radius 1 is 1.48 bits per heavy atom. The van der Waals surface area contributed by atoms with Gasteiger partial charge in [0, 0.05) is 13.7 Å². The average Bonchev–Trinajstić information content (AvgIpc) is 2.58. The first-order valence-corrected chi connectivity index (χ1v) is 7.68. The highest BCUT2D eigenvalue weighted by molar-refractivity contribution is 5.93. The number of nitrogens with one attached hydrogen (secondary N) is 2. The lowest BCUT2D eigenvalue weighted by Gasteiger charge is -2.20. The second kappa shape index (κ2) is 9.69. The van der Waals surface area contributed by atoms with Crippen molar-refractivity contribution >= 4 is 5.91 Å². The van der Waals surface area contributed by atoms with Crippen LogP contribution in [0.2, 0.25) is 0 Å². The summed E-state index contributed by atoms with van der Waals surface area (Å²) in [5.41, 5.74) is 2.20. The molecule has 0 aliphatic carbocycles. The monoisotopic (exact) mass is 318 g/mol. The molecule has 0 saturated carbocycles. The van der Waals surface area contributed by atoms with Crippen LogP contribution >= 0.6 is 0 Å². The minimum atomic E-state index is -0.297. The van der Waals surface area contributed by atoms with E-state index in [1.54, 1.807) is 20.2 Å². The summed E-state index contributed by atoms with van der Waals surface area (Å²) in [5, 5.41) is 15.1. The number of likely N-dealkylation sites (N-methyl/N-ethyl adjacent to an activating group) is 1. The molecule has 1 aromatic rings. The third-order valence-corrected chi connectivity index (χ3v) is 3.54. The Balaban J connectivity index is 2.95. The molecular formula is C18H26N2O3. The van der Waals surface area contributed by atoms with Gasteiger partial charge >= 0.3 is 0 Å². The van der Waals surface area contributed by atoms with Crippen molar-refractivity contribution in [3.8, 4) is 5.75 Å². The standard InChI is InChI=1S/C18H26N2O3/c1-5-13(2)11-17(19-3)18(22)20-16(9-10-21)14-7-6-8-15(12-14)23-4/h6-8,11-12,16,19,21H,2,5,9-10H2,1,3-4H3,(H,20,22)/b17-11-. The number of methoxy groups -OCH3 is 1. The van der Waals surface area contributed by atoms with Crippen LogP contribution in [0.4, 0.5) is 0 Å². The van der Waals surface area contributed by atoms with E-state index < -0.39 is 0 Å². The molecule has 0 spiro atoms. The van der Waals surface area contributed by atoms with Gasteiger partial charge in [0.1, 0.15) is 5.75 Å². The fourth-order valence-corrected chi connectivity index (χ4v) is 2.10. The molecule has 0 radical (unpaired) electrons. The topological polar surface area (TPSA) is 70.6 Å². The van der Waals surface area contributed by atoms with Crippen molar-refractivity contribution in [1.82, 2.24) is 10.6 Å². The molecule has 1 aromatic carbocycles. The minimum absolute atomic E-state index is 0.0254. The van der Waals surface area contributed by atoms with Gasteiger partial charge in [0.15, 0.2) is 0 Å². The van der Waals surface area contributed by atoms with Crippen LogP contribution in [0.1, 0.15) is 31.4 Å². The number of hydrogen-bond acceptors (Lipinski definition) is 4. The molecule has 0 aliphatic heterocycles. The van der Waals surface area contributed by atoms with Crippen molar-refractivity contribution in [2.24, 2.45) is 0 Å². The van der Waals surface area contributed by atoms with Crippen molar-refractivity contribution in [1.29, 1.82) is 0 Å². The van der Waals surface area contributed by atoms with E-state index in [0.717, 1.165) is 17.6 Å². The van der Waals surface area contributed by atoms with Gasteiger partial charge in [-0.25, -0.2) is 0 Å². The number of allylic oxidation sites excluding steroid dienone is 2. The summed E-state index contributed by atoms with van der Waals surface area (Å²) in [5.74, 6) is 0.479. The Hall–Kier alpha value is -2.27. The number of carbonyl (C=O) groups excluding carboxylic acids is 1. The van der Waals surface area contributed by atoms with Gasteiger partial charge in [-0.2, -0.15) is 0 Å². The molecule has 0 fully saturated rings. The first kappa shape index (κ1) is 18.8. The minimum Gasteiger partial charge on any atom is -0.497 e. The van der Waals surface area contributed by atoms with Crippen LogP contribution in [0.5, 0.6) is 5.75 Å². The zero-order valence-corrected chi connectivity index (χ0v) is 14.1. The summed E-state index contributed by atoms with van der Waals surface area (Å²) < 4.78 is 5.21. The van der Waals surface area contributed by atoms with Crippen LogP contribution in [-0.2, 0) is 4.79 Å². The zero-order chi connectivity index (χ0) is 17.2. The predicted octanol–water partition coefficient (Wildman–Crippen LogP) is 2.30. The Bertz CT molecular complexity index is 567. The molecule has 5 heteroatoms. The number of aliphatic hydroxyl groups excluding tert-OH is 1. The molecule has 126 valence electrons. The van der Waals surface area contributed by atoms with Gasteiger partial charge in [-0.3, -0.25) is 4.79 Å². The largest absolute Gasteiger partial charge is 0.497 e. The predicted molar refractivity (Wildman–Crippen MR) is 92.2 cm³/mol. The van der Waals surface area contributed by atoms with E-state index in [1.807, 2.05) is 31.2 Å². The van der Waals surface area contributed by atoms with Crippen molar-refractivity contribution in [3.63, 3.8) is 0 Å². The number of hydrogen-bond donors (Lipinski definition) is 3. The van der Waals surface area contributed by atoms with Gasteiger partial charge in [-0.15, -0.1) is 0 Å². The summed E-state index contributed by atoms with van der Waals surface area (Å²) in [7, 11) is 3.29. The zero-order valence-electron chi connectivity index (χ0n) is 14.1. The molecule has 0 bridgehead atoms. The maximum atomic E-state index is 12.4. The van der Waals surface area contributed by atoms with Crippen molar-refractivity contribution in [3.05, 3.63) is 53.8 Å². The van der Waals surface area contributed by atoms with E-state index in [2.05, 4.69) is 17.2 Å². The van der Waals surface area contributed by atoms with Gasteiger partial charge in [0.05, 0.1) is 18.8 Å². The maximum absolute atomic E-state index is 12.4. The van der Waals surface area contributed by atoms with Crippen LogP contribution in [0.3, 0.4) is 0 Å². The van der Waals surface area contributed by atoms with Gasteiger partial charge in [-0.1, -0.05) is 31.2 Å². The van der Waals surface area contributed by atoms with Gasteiger partial charge in [0.2, 0.25) is 0 Å². The molecule has 0 saturated heterocycles. The lowest BCUT2D eigenvalue weighted by atomic mass is 10.0. The lowest BCUT2D eigenvalue weighted by molar-refractivity contribution is -0.118. The van der Waals surface area contributed by atoms with E-state index in [4.69, 9.17) is 4.74 Å². The molecule has 1 atom stereocenters. The summed E-state index contributed by atoms with van der Waals surface area (Å²) in [6, 6.07) is 7.16. The Morgan fingerprint density at radius 2 is 2.22 bits per heavy atom. The number of carbonyl (C=O) groups is 1. The van der Waals surface area contributed by atoms with Crippen LogP contribution < -0.4 is 15.4 Å². The number of benzene rings is 1. The highest BCUT2D eigenvalue weighted by Gasteiger charge is 2.17. The van der Waals surface area contributed by atoms with E-state index in [1.165, 1.54) is 0 Å². The van der Waals surface area contributed by atoms with Crippen LogP contribution in [0.15, 0.2) is 48.2 Å². The fraction of sp³-hybridized carbons (Fsp3) is 0.389. The Kier molecular flexibility index (Phi) is 7.91. The number of rotatable bonds is 9. The maximum Gasteiger partial charge on any atom is 0.267 e. The van der Waals surface area contributed by atoms with E-state index >= 15 is 0 Å². The van der Waals surface area contributed by atoms with Gasteiger partial charge < -0.3 is 20.5 Å². The Morgan fingerprint density at radius 3 is 2.78 bits per heavy atom. The molecule has 5 nitrogen and oxygen atoms in total. The second-order valence-electron chi connectivity index (χ2n) is 5.13. The SMILES string of the molecule is C=C(/C=C(\NC)C(=O)NC(CCO)c1cccc(OC)c1)CC. The average molecular weight is 318 g/mol. The smallest absolute Gasteiger partial charge is 0.267 e. The first-order chi connectivity index (χ1) is 11.0. The van der Waals surface area contributed by atoms with Crippen LogP contribution in [-0.4, -0.2) is 31.8 Å². The van der Waals surface area contributed by atoms with Gasteiger partial charge in [-0.05, 0) is 36.6 Å². The normalized spacial score (nSPS) is 12.4. The number of amides is 1. The fourth-order valence-electron chi connectivity index (χ4n) is 2.10. The Labute approximate surface area is 138 Å². The van der Waals surface area contributed by atoms with Crippen molar-refractivity contribution < 1.29 is 14.6 Å². The molecule has 0 heterocycles. The molecule has 1 rings (SSSR count). The van der Waals surface area contributed by atoms with Crippen LogP contribution in [0.25, 0.3) is 0 Å². The second-order valence-corrected chi connectivity index (χ2v) is 5.13. The molecule has 23 heavy (non-hydrogen) atoms. The molecule has 3 N–H and O–H groups in total. The summed E-state index contributed by atoms with van der Waals surface area (Å²) in [6.45, 7) is 5.84. The van der Waals surface area contributed by atoms with E-state index in [-0.39, 0.29) is 18.6 Å². The number of ether oxygens (including phenoxy) is 1.